The third-order valence-corrected chi connectivity index (χ3v) is 8.09. The summed E-state index contributed by atoms with van der Waals surface area (Å²) < 4.78 is 30.8. The van der Waals surface area contributed by atoms with Crippen molar-refractivity contribution in [2.45, 2.75) is 19.4 Å². The quantitative estimate of drug-likeness (QED) is 0.130. The summed E-state index contributed by atoms with van der Waals surface area (Å²) in [4.78, 5) is 60.4. The maximum atomic E-state index is 14.5. The number of hydrogen-bond acceptors (Lipinski definition) is 7. The highest BCUT2D eigenvalue weighted by atomic mass is 19.1. The van der Waals surface area contributed by atoms with E-state index in [0.29, 0.717) is 18.7 Å². The fourth-order valence-corrected chi connectivity index (χ4v) is 5.58. The SMILES string of the molecule is O=C(CC(=O)c1cc(Cc2ccc(F)cc2)cn(Cc2ccccc2F)c1=O)C(=O)N1CCN(c2ccc(-n3cncn3)cc2)CC1. The average Bonchev–Trinajstić information content (AvgIpc) is 3.63. The van der Waals surface area contributed by atoms with E-state index >= 15 is 0 Å². The molecule has 0 N–H and O–H groups in total. The molecule has 238 valence electrons. The number of pyridine rings is 1. The minimum atomic E-state index is -0.912. The number of rotatable bonds is 10. The number of carbonyl (C=O) groups is 3. The minimum Gasteiger partial charge on any atom is -0.368 e. The van der Waals surface area contributed by atoms with Crippen LogP contribution < -0.4 is 10.5 Å². The molecule has 1 fully saturated rings. The molecule has 1 aliphatic rings. The number of hydrogen-bond donors (Lipinski definition) is 0. The Balaban J connectivity index is 1.14. The van der Waals surface area contributed by atoms with Crippen LogP contribution in [0.15, 0.2) is 103 Å². The van der Waals surface area contributed by atoms with Crippen molar-refractivity contribution in [3.63, 3.8) is 0 Å². The molecule has 0 spiro atoms. The second-order valence-electron chi connectivity index (χ2n) is 11.2. The number of piperazine rings is 1. The van der Waals surface area contributed by atoms with Gasteiger partial charge in [0.15, 0.2) is 5.78 Å². The van der Waals surface area contributed by atoms with Gasteiger partial charge in [-0.3, -0.25) is 19.2 Å². The van der Waals surface area contributed by atoms with Gasteiger partial charge in [0.25, 0.3) is 11.5 Å². The maximum Gasteiger partial charge on any atom is 0.290 e. The molecule has 0 bridgehead atoms. The zero-order chi connectivity index (χ0) is 32.9. The molecular formula is C35H30F2N6O4. The largest absolute Gasteiger partial charge is 0.368 e. The van der Waals surface area contributed by atoms with Crippen LogP contribution >= 0.6 is 0 Å². The second kappa shape index (κ2) is 13.7. The molecule has 10 nitrogen and oxygen atoms in total. The molecule has 0 atom stereocenters. The fraction of sp³-hybridized carbons (Fsp3) is 0.200. The molecule has 2 aromatic heterocycles. The predicted molar refractivity (Wildman–Crippen MR) is 170 cm³/mol. The number of Topliss-reactive ketones (excluding diaryl/α,β-unsaturated/α-hetero) is 2. The first kappa shape index (κ1) is 31.2. The highest BCUT2D eigenvalue weighted by Crippen LogP contribution is 2.20. The van der Waals surface area contributed by atoms with Gasteiger partial charge in [-0.2, -0.15) is 5.10 Å². The molecule has 12 heteroatoms. The van der Waals surface area contributed by atoms with Crippen molar-refractivity contribution in [1.82, 2.24) is 24.2 Å². The normalized spacial score (nSPS) is 13.1. The number of aromatic nitrogens is 4. The van der Waals surface area contributed by atoms with Crippen LogP contribution in [0.25, 0.3) is 5.69 Å². The number of ketones is 2. The Labute approximate surface area is 268 Å². The van der Waals surface area contributed by atoms with Crippen LogP contribution in [-0.4, -0.2) is 67.9 Å². The third kappa shape index (κ3) is 7.22. The Hall–Kier alpha value is -5.78. The van der Waals surface area contributed by atoms with Crippen molar-refractivity contribution in [2.75, 3.05) is 31.1 Å². The predicted octanol–water partition coefficient (Wildman–Crippen LogP) is 3.84. The number of nitrogens with zero attached hydrogens (tertiary/aromatic N) is 6. The van der Waals surface area contributed by atoms with Crippen LogP contribution in [0, 0.1) is 11.6 Å². The van der Waals surface area contributed by atoms with Crippen molar-refractivity contribution in [2.24, 2.45) is 0 Å². The summed E-state index contributed by atoms with van der Waals surface area (Å²) in [6, 6.07) is 20.8. The van der Waals surface area contributed by atoms with Crippen molar-refractivity contribution >= 4 is 23.2 Å². The number of amides is 1. The minimum absolute atomic E-state index is 0.149. The van der Waals surface area contributed by atoms with E-state index in [9.17, 15) is 28.0 Å². The van der Waals surface area contributed by atoms with Gasteiger partial charge in [0.2, 0.25) is 5.78 Å². The van der Waals surface area contributed by atoms with Crippen LogP contribution in [0.4, 0.5) is 14.5 Å². The first-order chi connectivity index (χ1) is 22.7. The lowest BCUT2D eigenvalue weighted by Crippen LogP contribution is -2.51. The van der Waals surface area contributed by atoms with Crippen LogP contribution in [0.5, 0.6) is 0 Å². The summed E-state index contributed by atoms with van der Waals surface area (Å²) in [6.07, 6.45) is 4.05. The molecule has 6 rings (SSSR count). The molecular weight excluding hydrogens is 606 g/mol. The Bertz CT molecular complexity index is 1970. The zero-order valence-electron chi connectivity index (χ0n) is 25.3. The van der Waals surface area contributed by atoms with Crippen molar-refractivity contribution < 1.29 is 23.2 Å². The van der Waals surface area contributed by atoms with Gasteiger partial charge in [0, 0.05) is 43.6 Å². The summed E-state index contributed by atoms with van der Waals surface area (Å²) in [5, 5.41) is 4.12. The number of carbonyl (C=O) groups excluding carboxylic acids is 3. The standard InChI is InChI=1S/C35H30F2N6O4/c36-27-7-5-24(6-8-27)17-25-18-30(34(46)42(20-25)21-26-3-1-2-4-31(26)37)32(44)19-33(45)35(47)41-15-13-40(14-16-41)28-9-11-29(12-10-28)43-23-38-22-39-43/h1-12,18,20,22-23H,13-17,19,21H2. The van der Waals surface area contributed by atoms with Crippen LogP contribution in [0.1, 0.15) is 33.5 Å². The van der Waals surface area contributed by atoms with Gasteiger partial charge in [0.1, 0.15) is 24.3 Å². The lowest BCUT2D eigenvalue weighted by atomic mass is 10.0. The average molecular weight is 637 g/mol. The molecule has 0 saturated carbocycles. The third-order valence-electron chi connectivity index (χ3n) is 8.09. The molecule has 0 radical (unpaired) electrons. The van der Waals surface area contributed by atoms with E-state index in [0.717, 1.165) is 16.9 Å². The van der Waals surface area contributed by atoms with E-state index in [1.165, 1.54) is 58.4 Å². The molecule has 47 heavy (non-hydrogen) atoms. The Morgan fingerprint density at radius 2 is 1.51 bits per heavy atom. The molecule has 0 unspecified atom stereocenters. The molecule has 0 aliphatic carbocycles. The summed E-state index contributed by atoms with van der Waals surface area (Å²) in [6.45, 7) is 1.39. The van der Waals surface area contributed by atoms with Crippen molar-refractivity contribution in [3.8, 4) is 5.69 Å². The summed E-state index contributed by atoms with van der Waals surface area (Å²) in [7, 11) is 0. The van der Waals surface area contributed by atoms with E-state index < -0.39 is 41.1 Å². The highest BCUT2D eigenvalue weighted by Gasteiger charge is 2.29. The Morgan fingerprint density at radius 3 is 2.19 bits per heavy atom. The lowest BCUT2D eigenvalue weighted by molar-refractivity contribution is -0.144. The molecule has 1 aliphatic heterocycles. The van der Waals surface area contributed by atoms with Crippen molar-refractivity contribution in [3.05, 3.63) is 142 Å². The molecule has 1 amide bonds. The smallest absolute Gasteiger partial charge is 0.290 e. The van der Waals surface area contributed by atoms with Gasteiger partial charge in [-0.15, -0.1) is 0 Å². The summed E-state index contributed by atoms with van der Waals surface area (Å²) >= 11 is 0. The Morgan fingerprint density at radius 1 is 0.809 bits per heavy atom. The summed E-state index contributed by atoms with van der Waals surface area (Å²) in [5.74, 6) is -3.42. The Kier molecular flexibility index (Phi) is 9.09. The molecule has 1 saturated heterocycles. The van der Waals surface area contributed by atoms with Gasteiger partial charge in [0.05, 0.1) is 24.2 Å². The monoisotopic (exact) mass is 636 g/mol. The number of halogens is 2. The first-order valence-electron chi connectivity index (χ1n) is 15.0. The van der Waals surface area contributed by atoms with E-state index in [2.05, 4.69) is 15.0 Å². The van der Waals surface area contributed by atoms with Crippen LogP contribution in [0.3, 0.4) is 0 Å². The van der Waals surface area contributed by atoms with Gasteiger partial charge < -0.3 is 14.4 Å². The number of anilines is 1. The molecule has 5 aromatic rings. The first-order valence-corrected chi connectivity index (χ1v) is 15.0. The number of benzene rings is 3. The van der Waals surface area contributed by atoms with Gasteiger partial charge >= 0.3 is 0 Å². The topological polar surface area (TPSA) is 110 Å². The van der Waals surface area contributed by atoms with Gasteiger partial charge in [-0.05, 0) is 66.1 Å². The van der Waals surface area contributed by atoms with E-state index in [-0.39, 0.29) is 37.2 Å². The zero-order valence-corrected chi connectivity index (χ0v) is 25.3. The van der Waals surface area contributed by atoms with Crippen LogP contribution in [-0.2, 0) is 22.6 Å². The van der Waals surface area contributed by atoms with E-state index in [1.54, 1.807) is 29.2 Å². The second-order valence-corrected chi connectivity index (χ2v) is 11.2. The molecule has 3 aromatic carbocycles. The highest BCUT2D eigenvalue weighted by molar-refractivity contribution is 6.40. The summed E-state index contributed by atoms with van der Waals surface area (Å²) in [5.41, 5.74) is 2.32. The fourth-order valence-electron chi connectivity index (χ4n) is 5.58. The van der Waals surface area contributed by atoms with Gasteiger partial charge in [-0.1, -0.05) is 30.3 Å². The van der Waals surface area contributed by atoms with Gasteiger partial charge in [-0.25, -0.2) is 18.4 Å². The van der Waals surface area contributed by atoms with E-state index in [4.69, 9.17) is 0 Å². The molecule has 3 heterocycles. The van der Waals surface area contributed by atoms with E-state index in [1.807, 2.05) is 24.3 Å². The lowest BCUT2D eigenvalue weighted by Gasteiger charge is -2.35. The maximum absolute atomic E-state index is 14.5. The van der Waals surface area contributed by atoms with Crippen molar-refractivity contribution in [1.29, 1.82) is 0 Å². The van der Waals surface area contributed by atoms with Crippen LogP contribution in [0.2, 0.25) is 0 Å².